The summed E-state index contributed by atoms with van der Waals surface area (Å²) in [5.74, 6) is 0. The fraction of sp³-hybridized carbons (Fsp3) is 0. The largest absolute Gasteiger partial charge is 0.310 e. The topological polar surface area (TPSA) is 3.24 Å². The molecule has 0 fully saturated rings. The summed E-state index contributed by atoms with van der Waals surface area (Å²) in [6, 6.07) is 63.1. The summed E-state index contributed by atoms with van der Waals surface area (Å²) in [7, 11) is 0. The van der Waals surface area contributed by atoms with Crippen molar-refractivity contribution in [3.05, 3.63) is 187 Å². The van der Waals surface area contributed by atoms with Crippen molar-refractivity contribution in [1.29, 1.82) is 0 Å². The molecule has 8 aromatic rings. The van der Waals surface area contributed by atoms with Gasteiger partial charge in [-0.15, -0.1) is 0 Å². The molecule has 45 heavy (non-hydrogen) atoms. The summed E-state index contributed by atoms with van der Waals surface area (Å²) in [5.41, 5.74) is 8.18. The molecule has 0 aliphatic rings. The quantitative estimate of drug-likeness (QED) is 0.141. The Labute approximate surface area is 264 Å². The Balaban J connectivity index is 1.20. The Hall–Kier alpha value is -5.92. The van der Waals surface area contributed by atoms with Crippen LogP contribution < -0.4 is 4.90 Å². The summed E-state index contributed by atoms with van der Waals surface area (Å²) in [6.45, 7) is 0. The molecule has 0 saturated heterocycles. The smallest absolute Gasteiger partial charge is 0.0540 e. The van der Waals surface area contributed by atoms with Gasteiger partial charge >= 0.3 is 0 Å². The van der Waals surface area contributed by atoms with Crippen LogP contribution in [0.15, 0.2) is 176 Å². The van der Waals surface area contributed by atoms with E-state index < -0.39 is 0 Å². The van der Waals surface area contributed by atoms with Crippen LogP contribution in [0.1, 0.15) is 11.1 Å². The van der Waals surface area contributed by atoms with Crippen molar-refractivity contribution in [3.8, 4) is 11.1 Å². The molecule has 0 bridgehead atoms. The maximum atomic E-state index is 2.37. The van der Waals surface area contributed by atoms with Gasteiger partial charge in [0.25, 0.3) is 0 Å². The Kier molecular flexibility index (Phi) is 6.90. The second-order valence-corrected chi connectivity index (χ2v) is 11.4. The Bertz CT molecular complexity index is 2310. The van der Waals surface area contributed by atoms with Crippen LogP contribution in [-0.2, 0) is 0 Å². The average Bonchev–Trinajstić information content (AvgIpc) is 3.12. The van der Waals surface area contributed by atoms with Crippen molar-refractivity contribution in [3.63, 3.8) is 0 Å². The fourth-order valence-electron chi connectivity index (χ4n) is 6.43. The predicted molar refractivity (Wildman–Crippen MR) is 194 cm³/mol. The van der Waals surface area contributed by atoms with Gasteiger partial charge in [-0.3, -0.25) is 0 Å². The van der Waals surface area contributed by atoms with Crippen LogP contribution >= 0.6 is 0 Å². The minimum atomic E-state index is 1.12. The normalized spacial score (nSPS) is 11.5. The highest BCUT2D eigenvalue weighted by Crippen LogP contribution is 2.40. The number of nitrogens with zero attached hydrogens (tertiary/aromatic N) is 1. The number of benzene rings is 8. The van der Waals surface area contributed by atoms with E-state index in [1.165, 1.54) is 49.0 Å². The van der Waals surface area contributed by atoms with Crippen LogP contribution in [0.3, 0.4) is 0 Å². The SMILES string of the molecule is C(=C/c1cc2ccccc2c2ccccc12)/c1ccc(N(c2cccc(-c3ccccc3)c2)c2cccc3ccccc23)cc1. The van der Waals surface area contributed by atoms with E-state index in [0.717, 1.165) is 22.6 Å². The van der Waals surface area contributed by atoms with Crippen LogP contribution in [-0.4, -0.2) is 0 Å². The molecular weight excluding hydrogens is 542 g/mol. The van der Waals surface area contributed by atoms with Crippen molar-refractivity contribution < 1.29 is 0 Å². The molecule has 0 saturated carbocycles. The molecule has 0 radical (unpaired) electrons. The summed E-state index contributed by atoms with van der Waals surface area (Å²) < 4.78 is 0. The summed E-state index contributed by atoms with van der Waals surface area (Å²) in [4.78, 5) is 2.37. The van der Waals surface area contributed by atoms with E-state index >= 15 is 0 Å². The summed E-state index contributed by atoms with van der Waals surface area (Å²) in [6.07, 6.45) is 4.47. The Morgan fingerprint density at radius 2 is 0.978 bits per heavy atom. The number of hydrogen-bond donors (Lipinski definition) is 0. The molecule has 0 spiro atoms. The molecule has 0 N–H and O–H groups in total. The first-order chi connectivity index (χ1) is 22.3. The van der Waals surface area contributed by atoms with Gasteiger partial charge in [-0.25, -0.2) is 0 Å². The first kappa shape index (κ1) is 26.7. The van der Waals surface area contributed by atoms with Gasteiger partial charge in [0.05, 0.1) is 5.69 Å². The first-order valence-corrected chi connectivity index (χ1v) is 15.4. The van der Waals surface area contributed by atoms with Gasteiger partial charge in [0, 0.05) is 16.8 Å². The molecule has 0 aliphatic heterocycles. The van der Waals surface area contributed by atoms with Crippen LogP contribution in [0.5, 0.6) is 0 Å². The summed E-state index contributed by atoms with van der Waals surface area (Å²) >= 11 is 0. The highest BCUT2D eigenvalue weighted by Gasteiger charge is 2.16. The van der Waals surface area contributed by atoms with Gasteiger partial charge in [-0.05, 0) is 85.6 Å². The molecule has 0 aliphatic carbocycles. The number of anilines is 3. The predicted octanol–water partition coefficient (Wildman–Crippen LogP) is 12.5. The average molecular weight is 574 g/mol. The lowest BCUT2D eigenvalue weighted by atomic mass is 9.96. The lowest BCUT2D eigenvalue weighted by Crippen LogP contribution is -2.10. The van der Waals surface area contributed by atoms with Crippen molar-refractivity contribution in [2.75, 3.05) is 4.90 Å². The van der Waals surface area contributed by atoms with Crippen LogP contribution in [0, 0.1) is 0 Å². The molecular formula is C44H31N. The van der Waals surface area contributed by atoms with E-state index in [9.17, 15) is 0 Å². The van der Waals surface area contributed by atoms with Gasteiger partial charge in [-0.1, -0.05) is 152 Å². The highest BCUT2D eigenvalue weighted by molar-refractivity contribution is 6.11. The lowest BCUT2D eigenvalue weighted by Gasteiger charge is -2.27. The van der Waals surface area contributed by atoms with Gasteiger partial charge < -0.3 is 4.90 Å². The van der Waals surface area contributed by atoms with Gasteiger partial charge in [0.1, 0.15) is 0 Å². The standard InChI is InChI=1S/C44H31N/c1-2-12-33(13-3-1)35-17-10-18-39(31-35)45(44-23-11-16-34-14-4-7-21-42(34)44)38-28-25-32(26-29-38)24-27-37-30-36-15-5-6-19-40(36)43-22-9-8-20-41(37)43/h1-31H/b27-24-. The maximum absolute atomic E-state index is 2.37. The molecule has 0 amide bonds. The van der Waals surface area contributed by atoms with Crippen molar-refractivity contribution in [2.24, 2.45) is 0 Å². The minimum Gasteiger partial charge on any atom is -0.310 e. The zero-order valence-corrected chi connectivity index (χ0v) is 24.8. The maximum Gasteiger partial charge on any atom is 0.0540 e. The molecule has 0 heterocycles. The Morgan fingerprint density at radius 1 is 0.356 bits per heavy atom. The van der Waals surface area contributed by atoms with E-state index in [1.807, 2.05) is 0 Å². The second-order valence-electron chi connectivity index (χ2n) is 11.4. The third-order valence-corrected chi connectivity index (χ3v) is 8.63. The molecule has 8 aromatic carbocycles. The number of rotatable bonds is 6. The molecule has 1 heteroatoms. The molecule has 8 rings (SSSR count). The third kappa shape index (κ3) is 5.15. The first-order valence-electron chi connectivity index (χ1n) is 15.4. The van der Waals surface area contributed by atoms with Crippen molar-refractivity contribution in [2.45, 2.75) is 0 Å². The zero-order chi connectivity index (χ0) is 30.0. The highest BCUT2D eigenvalue weighted by atomic mass is 15.1. The molecule has 212 valence electrons. The lowest BCUT2D eigenvalue weighted by molar-refractivity contribution is 1.30. The molecule has 0 atom stereocenters. The number of hydrogen-bond acceptors (Lipinski definition) is 1. The van der Waals surface area contributed by atoms with Gasteiger partial charge in [-0.2, -0.15) is 0 Å². The Morgan fingerprint density at radius 3 is 1.80 bits per heavy atom. The van der Waals surface area contributed by atoms with Crippen molar-refractivity contribution in [1.82, 2.24) is 0 Å². The zero-order valence-electron chi connectivity index (χ0n) is 24.8. The summed E-state index contributed by atoms with van der Waals surface area (Å²) in [5, 5.41) is 7.55. The fourth-order valence-corrected chi connectivity index (χ4v) is 6.43. The van der Waals surface area contributed by atoms with E-state index in [2.05, 4.69) is 193 Å². The van der Waals surface area contributed by atoms with Crippen molar-refractivity contribution >= 4 is 61.5 Å². The minimum absolute atomic E-state index is 1.12. The van der Waals surface area contributed by atoms with E-state index in [4.69, 9.17) is 0 Å². The van der Waals surface area contributed by atoms with E-state index in [-0.39, 0.29) is 0 Å². The van der Waals surface area contributed by atoms with Gasteiger partial charge in [0.15, 0.2) is 0 Å². The molecule has 0 unspecified atom stereocenters. The van der Waals surface area contributed by atoms with Gasteiger partial charge in [0.2, 0.25) is 0 Å². The number of fused-ring (bicyclic) bond motifs is 4. The van der Waals surface area contributed by atoms with E-state index in [1.54, 1.807) is 0 Å². The van der Waals surface area contributed by atoms with E-state index in [0.29, 0.717) is 0 Å². The van der Waals surface area contributed by atoms with Crippen LogP contribution in [0.25, 0.3) is 55.6 Å². The third-order valence-electron chi connectivity index (χ3n) is 8.63. The monoisotopic (exact) mass is 573 g/mol. The molecule has 1 nitrogen and oxygen atoms in total. The molecule has 0 aromatic heterocycles. The van der Waals surface area contributed by atoms with Crippen LogP contribution in [0.4, 0.5) is 17.1 Å². The second kappa shape index (κ2) is 11.6. The van der Waals surface area contributed by atoms with Crippen LogP contribution in [0.2, 0.25) is 0 Å².